The number of allylic oxidation sites excluding steroid dienone is 5. The number of nitrogens with zero attached hydrogens (tertiary/aromatic N) is 1. The number of methoxy groups -OCH3 is 1. The zero-order valence-corrected chi connectivity index (χ0v) is 23.2. The highest BCUT2D eigenvalue weighted by molar-refractivity contribution is 6.11. The number of benzene rings is 2. The van der Waals surface area contributed by atoms with Crippen LogP contribution in [-0.2, 0) is 9.53 Å². The zero-order valence-electron chi connectivity index (χ0n) is 23.2. The molecular weight excluding hydrogens is 539 g/mol. The van der Waals surface area contributed by atoms with Crippen molar-refractivity contribution in [1.82, 2.24) is 4.57 Å². The van der Waals surface area contributed by atoms with Crippen molar-refractivity contribution in [1.29, 1.82) is 0 Å². The first-order valence-corrected chi connectivity index (χ1v) is 12.8. The lowest BCUT2D eigenvalue weighted by atomic mass is 9.98. The SMILES string of the molecule is C=CC/C(=C\C=C(/C)OC)CC(=O)c1c(C)n(-c2cccc(OC(CC)C(=O)O)c2)c2cc(OC(F)(F)F)ccc12. The maximum absolute atomic E-state index is 13.7. The van der Waals surface area contributed by atoms with Crippen LogP contribution in [0.25, 0.3) is 16.6 Å². The van der Waals surface area contributed by atoms with Crippen molar-refractivity contribution in [3.8, 4) is 17.2 Å². The summed E-state index contributed by atoms with van der Waals surface area (Å²) in [6.07, 6.45) is -0.0636. The molecule has 0 bridgehead atoms. The van der Waals surface area contributed by atoms with Gasteiger partial charge in [-0.1, -0.05) is 30.7 Å². The molecule has 1 aromatic heterocycles. The Balaban J connectivity index is 2.18. The zero-order chi connectivity index (χ0) is 30.3. The second kappa shape index (κ2) is 13.3. The van der Waals surface area contributed by atoms with Crippen LogP contribution in [0.1, 0.15) is 49.2 Å². The van der Waals surface area contributed by atoms with Gasteiger partial charge in [-0.15, -0.1) is 19.8 Å². The summed E-state index contributed by atoms with van der Waals surface area (Å²) < 4.78 is 55.7. The fourth-order valence-electron chi connectivity index (χ4n) is 4.43. The average Bonchev–Trinajstić information content (AvgIpc) is 3.20. The van der Waals surface area contributed by atoms with Crippen LogP contribution in [-0.4, -0.2) is 41.0 Å². The number of ketones is 1. The Morgan fingerprint density at radius 1 is 1.12 bits per heavy atom. The molecule has 1 unspecified atom stereocenters. The maximum Gasteiger partial charge on any atom is 0.573 e. The van der Waals surface area contributed by atoms with E-state index in [1.165, 1.54) is 25.3 Å². The minimum absolute atomic E-state index is 0.0419. The smallest absolute Gasteiger partial charge is 0.501 e. The Labute approximate surface area is 236 Å². The van der Waals surface area contributed by atoms with E-state index in [2.05, 4.69) is 11.3 Å². The normalized spacial score (nSPS) is 13.1. The quantitative estimate of drug-likeness (QED) is 0.0979. The fourth-order valence-corrected chi connectivity index (χ4v) is 4.43. The molecule has 1 N–H and O–H groups in total. The molecule has 1 atom stereocenters. The average molecular weight is 572 g/mol. The molecule has 10 heteroatoms. The number of Topliss-reactive ketones (excluding diaryl/α,β-unsaturated/α-hetero) is 1. The molecule has 218 valence electrons. The van der Waals surface area contributed by atoms with Gasteiger partial charge in [0.15, 0.2) is 11.9 Å². The molecule has 0 radical (unpaired) electrons. The van der Waals surface area contributed by atoms with Gasteiger partial charge in [0, 0.05) is 40.9 Å². The van der Waals surface area contributed by atoms with Crippen molar-refractivity contribution in [3.05, 3.63) is 89.9 Å². The number of aromatic nitrogens is 1. The molecular formula is C31H32F3NO6. The molecule has 3 aromatic rings. The van der Waals surface area contributed by atoms with E-state index in [1.807, 2.05) is 0 Å². The summed E-state index contributed by atoms with van der Waals surface area (Å²) in [5.74, 6) is -0.901. The van der Waals surface area contributed by atoms with E-state index in [0.29, 0.717) is 40.0 Å². The number of carbonyl (C=O) groups is 2. The van der Waals surface area contributed by atoms with Gasteiger partial charge in [-0.25, -0.2) is 4.79 Å². The van der Waals surface area contributed by atoms with Gasteiger partial charge >= 0.3 is 12.3 Å². The van der Waals surface area contributed by atoms with Crippen LogP contribution >= 0.6 is 0 Å². The number of fused-ring (bicyclic) bond motifs is 1. The standard InChI is InChI=1S/C31H32F3NO6/c1-6-9-21(13-12-19(3)39-5)16-27(36)29-20(4)35(26-18-24(14-15-25(26)29)41-31(32,33)34)22-10-8-11-23(17-22)40-28(7-2)30(37)38/h6,8,10-15,17-18,28H,1,7,9,16H2,2-5H3,(H,37,38)/b19-12+,21-13+. The molecule has 0 amide bonds. The summed E-state index contributed by atoms with van der Waals surface area (Å²) in [6.45, 7) is 8.91. The van der Waals surface area contributed by atoms with E-state index in [9.17, 15) is 27.9 Å². The third kappa shape index (κ3) is 7.81. The molecule has 2 aromatic carbocycles. The van der Waals surface area contributed by atoms with Gasteiger partial charge in [0.2, 0.25) is 0 Å². The molecule has 0 aliphatic heterocycles. The van der Waals surface area contributed by atoms with Crippen molar-refractivity contribution in [2.45, 2.75) is 52.5 Å². The van der Waals surface area contributed by atoms with E-state index in [0.717, 1.165) is 5.57 Å². The first kappa shape index (κ1) is 31.1. The van der Waals surface area contributed by atoms with E-state index in [4.69, 9.17) is 9.47 Å². The molecule has 1 heterocycles. The van der Waals surface area contributed by atoms with Crippen LogP contribution in [0.3, 0.4) is 0 Å². The first-order valence-electron chi connectivity index (χ1n) is 12.8. The van der Waals surface area contributed by atoms with Gasteiger partial charge in [-0.2, -0.15) is 0 Å². The third-order valence-electron chi connectivity index (χ3n) is 6.36. The Morgan fingerprint density at radius 3 is 2.46 bits per heavy atom. The minimum Gasteiger partial charge on any atom is -0.501 e. The summed E-state index contributed by atoms with van der Waals surface area (Å²) in [5, 5.41) is 9.83. The number of hydrogen-bond acceptors (Lipinski definition) is 5. The molecule has 0 saturated heterocycles. The number of carboxylic acids is 1. The summed E-state index contributed by atoms with van der Waals surface area (Å²) in [5.41, 5.74) is 2.36. The Bertz CT molecular complexity index is 1500. The maximum atomic E-state index is 13.7. The van der Waals surface area contributed by atoms with Crippen molar-refractivity contribution < 1.29 is 42.1 Å². The predicted octanol–water partition coefficient (Wildman–Crippen LogP) is 7.71. The van der Waals surface area contributed by atoms with Crippen LogP contribution in [0.2, 0.25) is 0 Å². The lowest BCUT2D eigenvalue weighted by molar-refractivity contribution is -0.274. The van der Waals surface area contributed by atoms with E-state index in [-0.39, 0.29) is 24.4 Å². The van der Waals surface area contributed by atoms with Gasteiger partial charge < -0.3 is 23.9 Å². The van der Waals surface area contributed by atoms with Gasteiger partial charge in [0.25, 0.3) is 0 Å². The van der Waals surface area contributed by atoms with Crippen LogP contribution in [0.4, 0.5) is 13.2 Å². The highest BCUT2D eigenvalue weighted by Gasteiger charge is 2.32. The summed E-state index contributed by atoms with van der Waals surface area (Å²) >= 11 is 0. The number of carboxylic acid groups (broad SMARTS) is 1. The lowest BCUT2D eigenvalue weighted by Gasteiger charge is -2.15. The second-order valence-corrected chi connectivity index (χ2v) is 9.27. The highest BCUT2D eigenvalue weighted by atomic mass is 19.4. The number of carbonyl (C=O) groups excluding carboxylic acids is 1. The molecule has 0 saturated carbocycles. The Morgan fingerprint density at radius 2 is 1.85 bits per heavy atom. The third-order valence-corrected chi connectivity index (χ3v) is 6.36. The first-order chi connectivity index (χ1) is 19.4. The van der Waals surface area contributed by atoms with Crippen molar-refractivity contribution in [3.63, 3.8) is 0 Å². The van der Waals surface area contributed by atoms with Crippen molar-refractivity contribution >= 4 is 22.7 Å². The predicted molar refractivity (Wildman–Crippen MR) is 150 cm³/mol. The van der Waals surface area contributed by atoms with E-state index >= 15 is 0 Å². The molecule has 3 rings (SSSR count). The molecule has 0 aliphatic rings. The number of alkyl halides is 3. The summed E-state index contributed by atoms with van der Waals surface area (Å²) in [4.78, 5) is 25.2. The summed E-state index contributed by atoms with van der Waals surface area (Å²) in [7, 11) is 1.54. The van der Waals surface area contributed by atoms with E-state index < -0.39 is 24.2 Å². The van der Waals surface area contributed by atoms with Gasteiger partial charge in [-0.3, -0.25) is 4.79 Å². The highest BCUT2D eigenvalue weighted by Crippen LogP contribution is 2.35. The molecule has 41 heavy (non-hydrogen) atoms. The lowest BCUT2D eigenvalue weighted by Crippen LogP contribution is -2.25. The topological polar surface area (TPSA) is 87.0 Å². The van der Waals surface area contributed by atoms with Gasteiger partial charge in [0.1, 0.15) is 11.5 Å². The van der Waals surface area contributed by atoms with Crippen LogP contribution in [0.5, 0.6) is 11.5 Å². The number of aliphatic carboxylic acids is 1. The Hall–Kier alpha value is -4.47. The van der Waals surface area contributed by atoms with Crippen LogP contribution in [0, 0.1) is 6.92 Å². The van der Waals surface area contributed by atoms with Crippen LogP contribution in [0.15, 0.2) is 78.6 Å². The molecule has 0 spiro atoms. The number of halogens is 3. The molecule has 0 aliphatic carbocycles. The fraction of sp³-hybridized carbons (Fsp3) is 0.290. The molecule has 0 fully saturated rings. The molecule has 7 nitrogen and oxygen atoms in total. The largest absolute Gasteiger partial charge is 0.573 e. The van der Waals surface area contributed by atoms with Gasteiger partial charge in [-0.05, 0) is 57.0 Å². The van der Waals surface area contributed by atoms with Crippen LogP contribution < -0.4 is 9.47 Å². The monoisotopic (exact) mass is 571 g/mol. The van der Waals surface area contributed by atoms with E-state index in [1.54, 1.807) is 67.8 Å². The minimum atomic E-state index is -4.91. The second-order valence-electron chi connectivity index (χ2n) is 9.27. The number of ether oxygens (including phenoxy) is 3. The van der Waals surface area contributed by atoms with Crippen molar-refractivity contribution in [2.24, 2.45) is 0 Å². The Kier molecular flexibility index (Phi) is 10.0. The van der Waals surface area contributed by atoms with Crippen molar-refractivity contribution in [2.75, 3.05) is 7.11 Å². The number of rotatable bonds is 13. The van der Waals surface area contributed by atoms with Gasteiger partial charge in [0.05, 0.1) is 18.4 Å². The number of hydrogen-bond donors (Lipinski definition) is 1. The summed E-state index contributed by atoms with van der Waals surface area (Å²) in [6, 6.07) is 10.3.